The first-order chi connectivity index (χ1) is 20.3. The fraction of sp³-hybridized carbons (Fsp3) is 0.321. The highest BCUT2D eigenvalue weighted by Gasteiger charge is 2.27. The molecule has 1 amide bonds. The summed E-state index contributed by atoms with van der Waals surface area (Å²) in [7, 11) is -4.46. The van der Waals surface area contributed by atoms with E-state index in [2.05, 4.69) is 25.0 Å². The zero-order valence-electron chi connectivity index (χ0n) is 23.4. The number of anilines is 2. The number of ether oxygens (including phenoxy) is 1. The lowest BCUT2D eigenvalue weighted by Crippen LogP contribution is -2.44. The monoisotopic (exact) mass is 631 g/mol. The second-order valence-electron chi connectivity index (χ2n) is 10.9. The van der Waals surface area contributed by atoms with E-state index < -0.39 is 32.2 Å². The molecule has 1 aliphatic rings. The molecule has 1 aliphatic heterocycles. The minimum Gasteiger partial charge on any atom is -0.444 e. The molecule has 11 nitrogen and oxygen atoms in total. The summed E-state index contributed by atoms with van der Waals surface area (Å²) in [6.07, 6.45) is 3.84. The van der Waals surface area contributed by atoms with E-state index in [-0.39, 0.29) is 23.0 Å². The Kier molecular flexibility index (Phi) is 8.34. The number of halogens is 3. The van der Waals surface area contributed by atoms with Gasteiger partial charge in [-0.15, -0.1) is 0 Å². The van der Waals surface area contributed by atoms with Crippen LogP contribution in [0, 0.1) is 11.6 Å². The van der Waals surface area contributed by atoms with Crippen LogP contribution in [0.3, 0.4) is 0 Å². The van der Waals surface area contributed by atoms with Crippen LogP contribution >= 0.6 is 11.6 Å². The molecule has 43 heavy (non-hydrogen) atoms. The molecule has 4 heterocycles. The number of carbonyl (C=O) groups is 1. The molecule has 0 aliphatic carbocycles. The third kappa shape index (κ3) is 7.08. The SMILES string of the molecule is CC(C)(C)OC(=O)N1CCC(Nc2ncnc3ccc(-c4cnc(Cl)c(NS(=O)(=O)c5ccc(F)cc5F)c4)nc23)CC1. The lowest BCUT2D eigenvalue weighted by atomic mass is 10.1. The molecule has 1 aromatic carbocycles. The van der Waals surface area contributed by atoms with Crippen LogP contribution < -0.4 is 10.0 Å². The number of hydrogen-bond donors (Lipinski definition) is 2. The molecule has 4 aromatic rings. The number of nitrogens with one attached hydrogen (secondary N) is 2. The van der Waals surface area contributed by atoms with Crippen LogP contribution in [0.4, 0.5) is 25.1 Å². The number of carbonyl (C=O) groups excluding carboxylic acids is 1. The molecule has 0 radical (unpaired) electrons. The van der Waals surface area contributed by atoms with E-state index in [0.29, 0.717) is 60.1 Å². The number of aromatic nitrogens is 4. The van der Waals surface area contributed by atoms with Gasteiger partial charge in [-0.1, -0.05) is 11.6 Å². The summed E-state index contributed by atoms with van der Waals surface area (Å²) in [6, 6.07) is 6.98. The average molecular weight is 632 g/mol. The number of piperidine rings is 1. The molecule has 0 saturated carbocycles. The standard InChI is InChI=1S/C28H28ClF2N7O4S/c1-28(2,3)42-27(39)38-10-8-18(9-11-38)35-26-24-21(33-15-34-26)6-5-20(36-24)16-12-22(25(29)32-14-16)37-43(40,41)23-7-4-17(30)13-19(23)31/h4-7,12-15,18,37H,8-11H2,1-3H3,(H,33,34,35). The summed E-state index contributed by atoms with van der Waals surface area (Å²) in [5.74, 6) is -1.67. The maximum atomic E-state index is 14.2. The van der Waals surface area contributed by atoms with E-state index in [1.807, 2.05) is 20.8 Å². The van der Waals surface area contributed by atoms with Crippen molar-refractivity contribution in [3.8, 4) is 11.3 Å². The number of amides is 1. The maximum Gasteiger partial charge on any atom is 0.410 e. The van der Waals surface area contributed by atoms with Gasteiger partial charge in [0.25, 0.3) is 10.0 Å². The van der Waals surface area contributed by atoms with Gasteiger partial charge in [0.1, 0.15) is 34.0 Å². The minimum atomic E-state index is -4.46. The molecule has 0 atom stereocenters. The summed E-state index contributed by atoms with van der Waals surface area (Å²) >= 11 is 6.16. The molecule has 5 rings (SSSR count). The Morgan fingerprint density at radius 2 is 1.81 bits per heavy atom. The molecule has 2 N–H and O–H groups in total. The molecule has 0 spiro atoms. The largest absolute Gasteiger partial charge is 0.444 e. The number of likely N-dealkylation sites (tertiary alicyclic amines) is 1. The van der Waals surface area contributed by atoms with Crippen LogP contribution in [-0.4, -0.2) is 64.1 Å². The normalized spacial score (nSPS) is 14.5. The third-order valence-electron chi connectivity index (χ3n) is 6.53. The Balaban J connectivity index is 1.36. The minimum absolute atomic E-state index is 0.0207. The maximum absolute atomic E-state index is 14.2. The highest BCUT2D eigenvalue weighted by atomic mass is 35.5. The Morgan fingerprint density at radius 1 is 1.07 bits per heavy atom. The summed E-state index contributed by atoms with van der Waals surface area (Å²) in [5, 5.41) is 3.22. The lowest BCUT2D eigenvalue weighted by molar-refractivity contribution is 0.0210. The Labute approximate surface area is 251 Å². The highest BCUT2D eigenvalue weighted by Crippen LogP contribution is 2.30. The van der Waals surface area contributed by atoms with Gasteiger partial charge in [-0.25, -0.2) is 41.9 Å². The second-order valence-corrected chi connectivity index (χ2v) is 12.9. The zero-order valence-corrected chi connectivity index (χ0v) is 25.0. The van der Waals surface area contributed by atoms with E-state index in [9.17, 15) is 22.0 Å². The van der Waals surface area contributed by atoms with Crippen LogP contribution in [0.25, 0.3) is 22.3 Å². The van der Waals surface area contributed by atoms with Crippen LogP contribution in [0.2, 0.25) is 5.15 Å². The van der Waals surface area contributed by atoms with Crippen molar-refractivity contribution in [2.75, 3.05) is 23.1 Å². The van der Waals surface area contributed by atoms with Crippen molar-refractivity contribution < 1.29 is 26.7 Å². The van der Waals surface area contributed by atoms with Crippen molar-refractivity contribution in [3.05, 3.63) is 65.7 Å². The van der Waals surface area contributed by atoms with Gasteiger partial charge in [0, 0.05) is 37.0 Å². The van der Waals surface area contributed by atoms with Gasteiger partial charge in [-0.05, 0) is 63.9 Å². The number of pyridine rings is 2. The van der Waals surface area contributed by atoms with E-state index in [0.717, 1.165) is 12.1 Å². The summed E-state index contributed by atoms with van der Waals surface area (Å²) in [5.41, 5.74) is 1.18. The Hall–Kier alpha value is -4.17. The average Bonchev–Trinajstić information content (AvgIpc) is 2.93. The quantitative estimate of drug-likeness (QED) is 0.259. The predicted molar refractivity (Wildman–Crippen MR) is 157 cm³/mol. The Morgan fingerprint density at radius 3 is 2.51 bits per heavy atom. The molecular formula is C28H28ClF2N7O4S. The van der Waals surface area contributed by atoms with Gasteiger partial charge in [-0.2, -0.15) is 0 Å². The highest BCUT2D eigenvalue weighted by molar-refractivity contribution is 7.92. The number of nitrogens with zero attached hydrogens (tertiary/aromatic N) is 5. The van der Waals surface area contributed by atoms with E-state index in [1.54, 1.807) is 17.0 Å². The second kappa shape index (κ2) is 11.8. The van der Waals surface area contributed by atoms with Crippen molar-refractivity contribution in [2.24, 2.45) is 0 Å². The smallest absolute Gasteiger partial charge is 0.410 e. The van der Waals surface area contributed by atoms with Gasteiger partial charge >= 0.3 is 6.09 Å². The van der Waals surface area contributed by atoms with Crippen LogP contribution in [0.1, 0.15) is 33.6 Å². The first-order valence-electron chi connectivity index (χ1n) is 13.3. The summed E-state index contributed by atoms with van der Waals surface area (Å²) in [4.78, 5) is 30.8. The molecule has 1 saturated heterocycles. The molecular weight excluding hydrogens is 604 g/mol. The third-order valence-corrected chi connectivity index (χ3v) is 8.23. The first kappa shape index (κ1) is 30.3. The van der Waals surface area contributed by atoms with Crippen LogP contribution in [0.5, 0.6) is 0 Å². The van der Waals surface area contributed by atoms with E-state index in [1.165, 1.54) is 18.6 Å². The number of rotatable bonds is 6. The van der Waals surface area contributed by atoms with Crippen molar-refractivity contribution in [1.82, 2.24) is 24.8 Å². The van der Waals surface area contributed by atoms with Gasteiger partial charge in [0.15, 0.2) is 11.0 Å². The number of fused-ring (bicyclic) bond motifs is 1. The van der Waals surface area contributed by atoms with Gasteiger partial charge in [0.05, 0.1) is 16.9 Å². The lowest BCUT2D eigenvalue weighted by Gasteiger charge is -2.33. The number of sulfonamides is 1. The number of hydrogen-bond acceptors (Lipinski definition) is 9. The van der Waals surface area contributed by atoms with Crippen molar-refractivity contribution in [2.45, 2.75) is 50.2 Å². The Bertz CT molecular complexity index is 1800. The first-order valence-corrected chi connectivity index (χ1v) is 15.2. The summed E-state index contributed by atoms with van der Waals surface area (Å²) < 4.78 is 60.9. The fourth-order valence-electron chi connectivity index (χ4n) is 4.49. The number of benzene rings is 1. The zero-order chi connectivity index (χ0) is 30.9. The molecule has 3 aromatic heterocycles. The molecule has 15 heteroatoms. The van der Waals surface area contributed by atoms with E-state index in [4.69, 9.17) is 21.3 Å². The van der Waals surface area contributed by atoms with Crippen molar-refractivity contribution in [1.29, 1.82) is 0 Å². The van der Waals surface area contributed by atoms with Gasteiger partial charge in [0.2, 0.25) is 0 Å². The van der Waals surface area contributed by atoms with Crippen molar-refractivity contribution >= 4 is 50.3 Å². The molecule has 226 valence electrons. The topological polar surface area (TPSA) is 139 Å². The van der Waals surface area contributed by atoms with Gasteiger partial charge in [-0.3, -0.25) is 4.72 Å². The summed E-state index contributed by atoms with van der Waals surface area (Å²) in [6.45, 7) is 6.52. The van der Waals surface area contributed by atoms with Crippen LogP contribution in [-0.2, 0) is 14.8 Å². The predicted octanol–water partition coefficient (Wildman–Crippen LogP) is 5.63. The van der Waals surface area contributed by atoms with Crippen molar-refractivity contribution in [3.63, 3.8) is 0 Å². The van der Waals surface area contributed by atoms with Gasteiger partial charge < -0.3 is 15.0 Å². The fourth-order valence-corrected chi connectivity index (χ4v) is 5.81. The molecule has 1 fully saturated rings. The molecule has 0 unspecified atom stereocenters. The molecule has 0 bridgehead atoms. The van der Waals surface area contributed by atoms with E-state index >= 15 is 0 Å². The van der Waals surface area contributed by atoms with Crippen LogP contribution in [0.15, 0.2) is 53.8 Å².